The Morgan fingerprint density at radius 2 is 2.33 bits per heavy atom. The van der Waals surface area contributed by atoms with Crippen LogP contribution in [0.4, 0.5) is 5.00 Å². The molecule has 1 aromatic heterocycles. The Morgan fingerprint density at radius 1 is 1.75 bits per heavy atom. The van der Waals surface area contributed by atoms with Crippen LogP contribution in [0.5, 0.6) is 0 Å². The van der Waals surface area contributed by atoms with E-state index in [1.54, 1.807) is 0 Å². The van der Waals surface area contributed by atoms with Crippen molar-refractivity contribution in [2.24, 2.45) is 0 Å². The van der Waals surface area contributed by atoms with Crippen molar-refractivity contribution in [2.45, 2.75) is 0 Å². The lowest BCUT2D eigenvalue weighted by Crippen LogP contribution is -1.93. The first-order valence-electron chi connectivity index (χ1n) is 2.69. The molecule has 0 bridgehead atoms. The monoisotopic (exact) mass is 207 g/mol. The second-order valence-electron chi connectivity index (χ2n) is 1.83. The Hall–Kier alpha value is -1.14. The molecule has 1 aromatic rings. The zero-order chi connectivity index (χ0) is 9.30. The van der Waals surface area contributed by atoms with Gasteiger partial charge in [0, 0.05) is 6.07 Å². The van der Waals surface area contributed by atoms with Crippen LogP contribution < -0.4 is 0 Å². The average Bonchev–Trinajstić information content (AvgIpc) is 2.30. The molecule has 0 spiro atoms. The van der Waals surface area contributed by atoms with Gasteiger partial charge in [0.25, 0.3) is 0 Å². The maximum absolute atomic E-state index is 10.4. The van der Waals surface area contributed by atoms with E-state index in [1.165, 1.54) is 0 Å². The highest BCUT2D eigenvalue weighted by Gasteiger charge is 2.19. The lowest BCUT2D eigenvalue weighted by molar-refractivity contribution is -0.380. The molecule has 0 atom stereocenters. The molecular weight excluding hydrogens is 206 g/mol. The number of thiophene rings is 1. The van der Waals surface area contributed by atoms with E-state index in [9.17, 15) is 14.9 Å². The van der Waals surface area contributed by atoms with Gasteiger partial charge in [-0.1, -0.05) is 22.9 Å². The molecule has 64 valence electrons. The highest BCUT2D eigenvalue weighted by molar-refractivity contribution is 7.19. The lowest BCUT2D eigenvalue weighted by atomic mass is 10.3. The van der Waals surface area contributed by atoms with Crippen LogP contribution in [-0.4, -0.2) is 16.0 Å². The number of nitrogens with zero attached hydrogens (tertiary/aromatic N) is 1. The number of carboxylic acid groups (broad SMARTS) is 1. The average molecular weight is 208 g/mol. The second kappa shape index (κ2) is 3.08. The Labute approximate surface area is 75.3 Å². The molecule has 0 saturated carbocycles. The number of aromatic carboxylic acids is 1. The van der Waals surface area contributed by atoms with Gasteiger partial charge >= 0.3 is 11.0 Å². The van der Waals surface area contributed by atoms with E-state index < -0.39 is 10.9 Å². The first-order chi connectivity index (χ1) is 5.52. The lowest BCUT2D eigenvalue weighted by Gasteiger charge is -1.83. The third-order valence-corrected chi connectivity index (χ3v) is 2.39. The summed E-state index contributed by atoms with van der Waals surface area (Å²) in [5, 5.41) is 18.3. The number of carbonyl (C=O) groups is 1. The van der Waals surface area contributed by atoms with Gasteiger partial charge in [-0.3, -0.25) is 10.1 Å². The topological polar surface area (TPSA) is 80.4 Å². The van der Waals surface area contributed by atoms with Crippen LogP contribution >= 0.6 is 22.9 Å². The molecule has 0 aliphatic heterocycles. The number of hydrogen-bond acceptors (Lipinski definition) is 4. The van der Waals surface area contributed by atoms with Gasteiger partial charge < -0.3 is 5.11 Å². The SMILES string of the molecule is O=C(O)c1cc([N+](=O)[O-])sc1Cl. The third-order valence-electron chi connectivity index (χ3n) is 1.08. The Morgan fingerprint density at radius 3 is 2.58 bits per heavy atom. The summed E-state index contributed by atoms with van der Waals surface area (Å²) in [5.41, 5.74) is -0.228. The number of carboxylic acids is 1. The summed E-state index contributed by atoms with van der Waals surface area (Å²) in [6.07, 6.45) is 0. The highest BCUT2D eigenvalue weighted by atomic mass is 35.5. The molecule has 0 aliphatic rings. The van der Waals surface area contributed by atoms with Crippen LogP contribution in [-0.2, 0) is 0 Å². The maximum Gasteiger partial charge on any atom is 0.338 e. The summed E-state index contributed by atoms with van der Waals surface area (Å²) < 4.78 is -0.0748. The molecule has 12 heavy (non-hydrogen) atoms. The molecule has 5 nitrogen and oxygen atoms in total. The standard InChI is InChI=1S/C5H2ClNO4S/c6-4-2(5(8)9)1-3(12-4)7(10)11/h1H,(H,8,9). The van der Waals surface area contributed by atoms with E-state index >= 15 is 0 Å². The molecule has 1 rings (SSSR count). The van der Waals surface area contributed by atoms with Crippen molar-refractivity contribution < 1.29 is 14.8 Å². The maximum atomic E-state index is 10.4. The van der Waals surface area contributed by atoms with Gasteiger partial charge in [0.05, 0.1) is 10.5 Å². The quantitative estimate of drug-likeness (QED) is 0.594. The number of halogens is 1. The van der Waals surface area contributed by atoms with Crippen molar-refractivity contribution in [1.29, 1.82) is 0 Å². The molecule has 0 fully saturated rings. The van der Waals surface area contributed by atoms with Crippen LogP contribution in [0.25, 0.3) is 0 Å². The fourth-order valence-corrected chi connectivity index (χ4v) is 1.66. The Balaban J connectivity index is 3.17. The molecule has 0 aromatic carbocycles. The van der Waals surface area contributed by atoms with Crippen molar-refractivity contribution in [3.05, 3.63) is 26.1 Å². The van der Waals surface area contributed by atoms with Gasteiger partial charge in [-0.25, -0.2) is 4.79 Å². The van der Waals surface area contributed by atoms with E-state index in [4.69, 9.17) is 16.7 Å². The molecule has 0 amide bonds. The van der Waals surface area contributed by atoms with E-state index in [-0.39, 0.29) is 14.9 Å². The summed E-state index contributed by atoms with van der Waals surface area (Å²) in [7, 11) is 0. The van der Waals surface area contributed by atoms with E-state index in [2.05, 4.69) is 0 Å². The van der Waals surface area contributed by atoms with Crippen LogP contribution in [0.2, 0.25) is 4.34 Å². The summed E-state index contributed by atoms with van der Waals surface area (Å²) in [5.74, 6) is -1.26. The fraction of sp³-hybridized carbons (Fsp3) is 0. The normalized spacial score (nSPS) is 9.75. The zero-order valence-corrected chi connectivity index (χ0v) is 7.06. The zero-order valence-electron chi connectivity index (χ0n) is 5.48. The smallest absolute Gasteiger partial charge is 0.338 e. The molecule has 0 unspecified atom stereocenters. The van der Waals surface area contributed by atoms with Crippen molar-refractivity contribution in [2.75, 3.05) is 0 Å². The molecule has 1 heterocycles. The minimum Gasteiger partial charge on any atom is -0.478 e. The van der Waals surface area contributed by atoms with Gasteiger partial charge in [-0.2, -0.15) is 0 Å². The summed E-state index contributed by atoms with van der Waals surface area (Å²) in [6.45, 7) is 0. The molecule has 7 heteroatoms. The third kappa shape index (κ3) is 1.54. The Bertz CT molecular complexity index is 347. The number of rotatable bonds is 2. The summed E-state index contributed by atoms with van der Waals surface area (Å²) in [6, 6.07) is 0.940. The van der Waals surface area contributed by atoms with Crippen molar-refractivity contribution >= 4 is 33.9 Å². The van der Waals surface area contributed by atoms with Crippen LogP contribution in [0, 0.1) is 10.1 Å². The first-order valence-corrected chi connectivity index (χ1v) is 3.89. The molecule has 0 aliphatic carbocycles. The van der Waals surface area contributed by atoms with Gasteiger partial charge in [0.2, 0.25) is 0 Å². The van der Waals surface area contributed by atoms with Crippen LogP contribution in [0.1, 0.15) is 10.4 Å². The van der Waals surface area contributed by atoms with Gasteiger partial charge in [-0.15, -0.1) is 0 Å². The highest BCUT2D eigenvalue weighted by Crippen LogP contribution is 2.32. The number of hydrogen-bond donors (Lipinski definition) is 1. The molecule has 0 saturated heterocycles. The first kappa shape index (κ1) is 8.95. The minimum atomic E-state index is -1.26. The van der Waals surface area contributed by atoms with Gasteiger partial charge in [0.1, 0.15) is 4.34 Å². The van der Waals surface area contributed by atoms with E-state index in [0.29, 0.717) is 11.3 Å². The van der Waals surface area contributed by atoms with E-state index in [0.717, 1.165) is 6.07 Å². The van der Waals surface area contributed by atoms with Gasteiger partial charge in [0.15, 0.2) is 0 Å². The largest absolute Gasteiger partial charge is 0.478 e. The summed E-state index contributed by atoms with van der Waals surface area (Å²) in [4.78, 5) is 19.8. The second-order valence-corrected chi connectivity index (χ2v) is 3.47. The van der Waals surface area contributed by atoms with Crippen LogP contribution in [0.15, 0.2) is 6.07 Å². The van der Waals surface area contributed by atoms with E-state index in [1.807, 2.05) is 0 Å². The van der Waals surface area contributed by atoms with Gasteiger partial charge in [-0.05, 0) is 0 Å². The van der Waals surface area contributed by atoms with Crippen molar-refractivity contribution in [3.63, 3.8) is 0 Å². The van der Waals surface area contributed by atoms with Crippen LogP contribution in [0.3, 0.4) is 0 Å². The predicted octanol–water partition coefficient (Wildman–Crippen LogP) is 2.01. The minimum absolute atomic E-state index is 0.0748. The number of nitro groups is 1. The summed E-state index contributed by atoms with van der Waals surface area (Å²) >= 11 is 6.05. The predicted molar refractivity (Wildman–Crippen MR) is 42.9 cm³/mol. The molecular formula is C5H2ClNO4S. The fourth-order valence-electron chi connectivity index (χ4n) is 0.592. The van der Waals surface area contributed by atoms with Crippen molar-refractivity contribution in [1.82, 2.24) is 0 Å². The molecule has 1 N–H and O–H groups in total. The Kier molecular flexibility index (Phi) is 2.30. The molecule has 0 radical (unpaired) electrons. The van der Waals surface area contributed by atoms with Crippen molar-refractivity contribution in [3.8, 4) is 0 Å².